The van der Waals surface area contributed by atoms with E-state index in [0.717, 1.165) is 6.07 Å². The normalized spacial score (nSPS) is 10.6. The van der Waals surface area contributed by atoms with Gasteiger partial charge in [0.05, 0.1) is 5.69 Å². The summed E-state index contributed by atoms with van der Waals surface area (Å²) in [5.41, 5.74) is 0.140. The van der Waals surface area contributed by atoms with Gasteiger partial charge in [-0.2, -0.15) is 5.10 Å². The number of carbonyl (C=O) groups is 1. The molecular weight excluding hydrogens is 263 g/mol. The molecular formula is C11H8ClFN2O3. The van der Waals surface area contributed by atoms with Crippen molar-refractivity contribution in [2.45, 2.75) is 0 Å². The summed E-state index contributed by atoms with van der Waals surface area (Å²) in [6.07, 6.45) is 0. The van der Waals surface area contributed by atoms with E-state index in [1.165, 1.54) is 23.9 Å². The molecule has 5 nitrogen and oxygen atoms in total. The van der Waals surface area contributed by atoms with E-state index in [0.29, 0.717) is 0 Å². The number of carboxylic acids is 1. The Morgan fingerprint density at radius 1 is 1.44 bits per heavy atom. The van der Waals surface area contributed by atoms with Crippen LogP contribution >= 0.6 is 11.6 Å². The fraction of sp³-hybridized carbons (Fsp3) is 0.0909. The molecule has 2 N–H and O–H groups in total. The van der Waals surface area contributed by atoms with Gasteiger partial charge >= 0.3 is 5.97 Å². The van der Waals surface area contributed by atoms with Crippen molar-refractivity contribution >= 4 is 17.6 Å². The number of benzene rings is 1. The van der Waals surface area contributed by atoms with Crippen LogP contribution in [0.15, 0.2) is 18.2 Å². The molecule has 0 radical (unpaired) electrons. The minimum Gasteiger partial charge on any atom is -0.504 e. The predicted molar refractivity (Wildman–Crippen MR) is 62.2 cm³/mol. The lowest BCUT2D eigenvalue weighted by molar-refractivity contribution is 0.0689. The van der Waals surface area contributed by atoms with Crippen molar-refractivity contribution < 1.29 is 19.4 Å². The molecule has 94 valence electrons. The fourth-order valence-corrected chi connectivity index (χ4v) is 1.79. The molecule has 0 aliphatic carbocycles. The molecule has 1 heterocycles. The molecule has 2 rings (SSSR count). The van der Waals surface area contributed by atoms with Crippen molar-refractivity contribution in [3.8, 4) is 17.0 Å². The van der Waals surface area contributed by atoms with E-state index in [1.807, 2.05) is 0 Å². The number of hydrogen-bond acceptors (Lipinski definition) is 3. The Kier molecular flexibility index (Phi) is 2.96. The third-order valence-electron chi connectivity index (χ3n) is 2.40. The number of rotatable bonds is 2. The number of aryl methyl sites for hydroxylation is 1. The Balaban J connectivity index is 2.65. The summed E-state index contributed by atoms with van der Waals surface area (Å²) in [6.45, 7) is 0. The number of aromatic carboxylic acids is 1. The minimum atomic E-state index is -1.21. The summed E-state index contributed by atoms with van der Waals surface area (Å²) in [6, 6.07) is 3.53. The van der Waals surface area contributed by atoms with Crippen molar-refractivity contribution in [1.82, 2.24) is 9.78 Å². The molecule has 0 bridgehead atoms. The molecule has 0 fully saturated rings. The molecule has 18 heavy (non-hydrogen) atoms. The van der Waals surface area contributed by atoms with Crippen molar-refractivity contribution in [1.29, 1.82) is 0 Å². The first-order chi connectivity index (χ1) is 8.40. The van der Waals surface area contributed by atoms with E-state index < -0.39 is 17.5 Å². The Labute approximate surface area is 106 Å². The molecule has 0 amide bonds. The monoisotopic (exact) mass is 270 g/mol. The minimum absolute atomic E-state index is 0.0856. The molecule has 7 heteroatoms. The van der Waals surface area contributed by atoms with Gasteiger partial charge in [0.25, 0.3) is 0 Å². The Morgan fingerprint density at radius 2 is 2.11 bits per heavy atom. The molecule has 2 aromatic rings. The van der Waals surface area contributed by atoms with Gasteiger partial charge in [-0.3, -0.25) is 4.68 Å². The Bertz CT molecular complexity index is 639. The highest BCUT2D eigenvalue weighted by Crippen LogP contribution is 2.34. The van der Waals surface area contributed by atoms with E-state index >= 15 is 0 Å². The summed E-state index contributed by atoms with van der Waals surface area (Å²) in [4.78, 5) is 10.8. The molecule has 1 aromatic heterocycles. The molecule has 1 aromatic carbocycles. The second-order valence-electron chi connectivity index (χ2n) is 3.63. The summed E-state index contributed by atoms with van der Waals surface area (Å²) in [5, 5.41) is 22.3. The van der Waals surface area contributed by atoms with Crippen LogP contribution in [0.25, 0.3) is 11.3 Å². The van der Waals surface area contributed by atoms with Crippen molar-refractivity contribution in [2.24, 2.45) is 7.05 Å². The standard InChI is InChI=1S/C11H8ClFN2O3/c1-15-9(4-8(14-15)11(17)18)6-2-5(12)3-7(13)10(6)16/h2-4,16H,1H3,(H,17,18). The van der Waals surface area contributed by atoms with Crippen LogP contribution in [0.1, 0.15) is 10.5 Å². The second kappa shape index (κ2) is 4.30. The summed E-state index contributed by atoms with van der Waals surface area (Å²) < 4.78 is 14.6. The van der Waals surface area contributed by atoms with Gasteiger partial charge in [-0.1, -0.05) is 11.6 Å². The average Bonchev–Trinajstić information content (AvgIpc) is 2.66. The smallest absolute Gasteiger partial charge is 0.356 e. The molecule has 0 aliphatic heterocycles. The number of aromatic hydroxyl groups is 1. The van der Waals surface area contributed by atoms with E-state index in [2.05, 4.69) is 5.10 Å². The lowest BCUT2D eigenvalue weighted by atomic mass is 10.1. The molecule has 0 unspecified atom stereocenters. The Morgan fingerprint density at radius 3 is 2.67 bits per heavy atom. The van der Waals surface area contributed by atoms with Crippen molar-refractivity contribution in [3.05, 3.63) is 34.7 Å². The number of phenolic OH excluding ortho intramolecular Hbond substituents is 1. The van der Waals surface area contributed by atoms with Crippen LogP contribution in [0.4, 0.5) is 4.39 Å². The van der Waals surface area contributed by atoms with E-state index in [1.54, 1.807) is 0 Å². The van der Waals surface area contributed by atoms with Gasteiger partial charge < -0.3 is 10.2 Å². The van der Waals surface area contributed by atoms with Crippen LogP contribution in [-0.4, -0.2) is 26.0 Å². The van der Waals surface area contributed by atoms with Gasteiger partial charge in [-0.25, -0.2) is 9.18 Å². The van der Waals surface area contributed by atoms with E-state index in [9.17, 15) is 14.3 Å². The SMILES string of the molecule is Cn1nc(C(=O)O)cc1-c1cc(Cl)cc(F)c1O. The van der Waals surface area contributed by atoms with Crippen LogP contribution in [-0.2, 0) is 7.05 Å². The van der Waals surface area contributed by atoms with Crippen LogP contribution in [0, 0.1) is 5.82 Å². The highest BCUT2D eigenvalue weighted by atomic mass is 35.5. The quantitative estimate of drug-likeness (QED) is 0.878. The summed E-state index contributed by atoms with van der Waals surface area (Å²) in [7, 11) is 1.49. The second-order valence-corrected chi connectivity index (χ2v) is 4.06. The highest BCUT2D eigenvalue weighted by Gasteiger charge is 2.17. The van der Waals surface area contributed by atoms with Gasteiger partial charge in [0, 0.05) is 17.6 Å². The topological polar surface area (TPSA) is 75.4 Å². The highest BCUT2D eigenvalue weighted by molar-refractivity contribution is 6.31. The summed E-state index contributed by atoms with van der Waals surface area (Å²) >= 11 is 5.70. The van der Waals surface area contributed by atoms with Crippen molar-refractivity contribution in [3.63, 3.8) is 0 Å². The van der Waals surface area contributed by atoms with E-state index in [-0.39, 0.29) is 22.0 Å². The van der Waals surface area contributed by atoms with Crippen LogP contribution < -0.4 is 0 Å². The number of phenols is 1. The van der Waals surface area contributed by atoms with Gasteiger partial charge in [-0.15, -0.1) is 0 Å². The lowest BCUT2D eigenvalue weighted by Crippen LogP contribution is -1.99. The molecule has 0 saturated heterocycles. The van der Waals surface area contributed by atoms with E-state index in [4.69, 9.17) is 16.7 Å². The average molecular weight is 271 g/mol. The third kappa shape index (κ3) is 2.02. The van der Waals surface area contributed by atoms with Crippen LogP contribution in [0.3, 0.4) is 0 Å². The maximum absolute atomic E-state index is 13.3. The van der Waals surface area contributed by atoms with Gasteiger partial charge in [0.2, 0.25) is 0 Å². The first-order valence-electron chi connectivity index (χ1n) is 4.86. The van der Waals surface area contributed by atoms with Crippen LogP contribution in [0.2, 0.25) is 5.02 Å². The van der Waals surface area contributed by atoms with Crippen LogP contribution in [0.5, 0.6) is 5.75 Å². The number of hydrogen-bond donors (Lipinski definition) is 2. The van der Waals surface area contributed by atoms with Crippen molar-refractivity contribution in [2.75, 3.05) is 0 Å². The maximum Gasteiger partial charge on any atom is 0.356 e. The molecule has 0 aliphatic rings. The third-order valence-corrected chi connectivity index (χ3v) is 2.62. The predicted octanol–water partition coefficient (Wildman–Crippen LogP) is 2.28. The summed E-state index contributed by atoms with van der Waals surface area (Å²) in [5.74, 6) is -2.69. The van der Waals surface area contributed by atoms with Gasteiger partial charge in [0.15, 0.2) is 17.3 Å². The zero-order chi connectivity index (χ0) is 13.4. The maximum atomic E-state index is 13.3. The number of carboxylic acid groups (broad SMARTS) is 1. The number of halogens is 2. The first kappa shape index (κ1) is 12.4. The molecule has 0 spiro atoms. The van der Waals surface area contributed by atoms with Gasteiger partial charge in [0.1, 0.15) is 0 Å². The lowest BCUT2D eigenvalue weighted by Gasteiger charge is -2.06. The van der Waals surface area contributed by atoms with Gasteiger partial charge in [-0.05, 0) is 18.2 Å². The largest absolute Gasteiger partial charge is 0.504 e. The zero-order valence-corrected chi connectivity index (χ0v) is 9.94. The number of nitrogens with zero attached hydrogens (tertiary/aromatic N) is 2. The zero-order valence-electron chi connectivity index (χ0n) is 9.19. The number of aromatic nitrogens is 2. The molecule has 0 saturated carbocycles. The Hall–Kier alpha value is -2.08. The first-order valence-corrected chi connectivity index (χ1v) is 5.23. The fourth-order valence-electron chi connectivity index (χ4n) is 1.59. The molecule has 0 atom stereocenters.